The van der Waals surface area contributed by atoms with E-state index in [4.69, 9.17) is 11.6 Å². The minimum Gasteiger partial charge on any atom is -0.352 e. The number of fused-ring (bicyclic) bond motifs is 1. The van der Waals surface area contributed by atoms with Gasteiger partial charge in [-0.25, -0.2) is 9.97 Å². The van der Waals surface area contributed by atoms with Crippen LogP contribution in [0.1, 0.15) is 35.9 Å². The van der Waals surface area contributed by atoms with Crippen molar-refractivity contribution < 1.29 is 4.79 Å². The number of benzene rings is 1. The topological polar surface area (TPSA) is 59.8 Å². The normalized spacial score (nSPS) is 11.0. The average Bonchev–Trinajstić information content (AvgIpc) is 2.91. The third-order valence-electron chi connectivity index (χ3n) is 3.85. The highest BCUT2D eigenvalue weighted by molar-refractivity contribution is 6.32. The lowest BCUT2D eigenvalue weighted by molar-refractivity contribution is 0.0953. The van der Waals surface area contributed by atoms with Gasteiger partial charge >= 0.3 is 0 Å². The molecule has 0 radical (unpaired) electrons. The molecule has 0 aliphatic carbocycles. The van der Waals surface area contributed by atoms with Crippen LogP contribution in [-0.2, 0) is 0 Å². The molecule has 24 heavy (non-hydrogen) atoms. The van der Waals surface area contributed by atoms with E-state index in [2.05, 4.69) is 22.2 Å². The van der Waals surface area contributed by atoms with Crippen LogP contribution >= 0.6 is 11.6 Å². The lowest BCUT2D eigenvalue weighted by Gasteiger charge is -2.11. The number of hydrogen-bond acceptors (Lipinski definition) is 3. The molecule has 1 aromatic carbocycles. The lowest BCUT2D eigenvalue weighted by Crippen LogP contribution is -2.24. The number of rotatable bonds is 5. The zero-order valence-electron chi connectivity index (χ0n) is 13.7. The summed E-state index contributed by atoms with van der Waals surface area (Å²) in [5, 5.41) is 3.47. The maximum atomic E-state index is 12.3. The predicted molar refractivity (Wildman–Crippen MR) is 95.9 cm³/mol. The van der Waals surface area contributed by atoms with Crippen LogP contribution in [0.3, 0.4) is 0 Å². The van der Waals surface area contributed by atoms with Crippen LogP contribution < -0.4 is 5.32 Å². The Labute approximate surface area is 145 Å². The largest absolute Gasteiger partial charge is 0.352 e. The van der Waals surface area contributed by atoms with E-state index in [0.29, 0.717) is 22.8 Å². The van der Waals surface area contributed by atoms with Gasteiger partial charge in [0.15, 0.2) is 5.65 Å². The molecular weight excluding hydrogens is 324 g/mol. The molecule has 124 valence electrons. The molecule has 0 spiro atoms. The molecule has 0 aliphatic heterocycles. The van der Waals surface area contributed by atoms with Gasteiger partial charge in [0, 0.05) is 18.3 Å². The monoisotopic (exact) mass is 342 g/mol. The van der Waals surface area contributed by atoms with Gasteiger partial charge in [-0.15, -0.1) is 0 Å². The van der Waals surface area contributed by atoms with Crippen LogP contribution in [0.15, 0.2) is 36.5 Å². The Hall–Kier alpha value is -2.40. The maximum Gasteiger partial charge on any atom is 0.251 e. The quantitative estimate of drug-likeness (QED) is 0.715. The molecule has 0 fully saturated rings. The van der Waals surface area contributed by atoms with Gasteiger partial charge in [0.05, 0.1) is 10.7 Å². The van der Waals surface area contributed by atoms with E-state index < -0.39 is 0 Å². The lowest BCUT2D eigenvalue weighted by atomic mass is 10.1. The molecule has 0 aliphatic rings. The standard InChI is InChI=1S/C18H19ClN4O/c1-3-4-9-21-18(24)13-7-8-14(19)16(11-13)23-12(2)22-15-6-5-10-20-17(15)23/h5-8,10-11H,3-4,9H2,1-2H3,(H,21,24). The Morgan fingerprint density at radius 1 is 1.33 bits per heavy atom. The number of imidazole rings is 1. The number of hydrogen-bond donors (Lipinski definition) is 1. The number of nitrogens with one attached hydrogen (secondary N) is 1. The summed E-state index contributed by atoms with van der Waals surface area (Å²) in [6, 6.07) is 9.00. The van der Waals surface area contributed by atoms with Gasteiger partial charge in [-0.2, -0.15) is 0 Å². The Bertz CT molecular complexity index is 888. The Morgan fingerprint density at radius 2 is 2.17 bits per heavy atom. The molecule has 6 heteroatoms. The number of aromatic nitrogens is 3. The summed E-state index contributed by atoms with van der Waals surface area (Å²) in [5.41, 5.74) is 2.80. The van der Waals surface area contributed by atoms with Crippen molar-refractivity contribution in [2.75, 3.05) is 6.54 Å². The van der Waals surface area contributed by atoms with Crippen molar-refractivity contribution in [2.45, 2.75) is 26.7 Å². The molecule has 0 unspecified atom stereocenters. The summed E-state index contributed by atoms with van der Waals surface area (Å²) >= 11 is 6.38. The van der Waals surface area contributed by atoms with Gasteiger partial charge in [-0.1, -0.05) is 24.9 Å². The predicted octanol–water partition coefficient (Wildman–Crippen LogP) is 3.91. The van der Waals surface area contributed by atoms with Gasteiger partial charge in [0.1, 0.15) is 11.3 Å². The number of unbranched alkanes of at least 4 members (excludes halogenated alkanes) is 1. The maximum absolute atomic E-state index is 12.3. The van der Waals surface area contributed by atoms with E-state index >= 15 is 0 Å². The molecule has 3 aromatic rings. The first-order chi connectivity index (χ1) is 11.6. The van der Waals surface area contributed by atoms with Crippen molar-refractivity contribution in [3.8, 4) is 5.69 Å². The van der Waals surface area contributed by atoms with Gasteiger partial charge in [0.25, 0.3) is 5.91 Å². The second-order valence-corrected chi connectivity index (χ2v) is 6.02. The van der Waals surface area contributed by atoms with Crippen molar-refractivity contribution in [1.82, 2.24) is 19.9 Å². The second kappa shape index (κ2) is 7.01. The third-order valence-corrected chi connectivity index (χ3v) is 4.17. The fourth-order valence-electron chi connectivity index (χ4n) is 2.62. The summed E-state index contributed by atoms with van der Waals surface area (Å²) in [4.78, 5) is 21.2. The van der Waals surface area contributed by atoms with E-state index in [1.54, 1.807) is 24.4 Å². The van der Waals surface area contributed by atoms with Gasteiger partial charge < -0.3 is 5.32 Å². The molecule has 5 nitrogen and oxygen atoms in total. The zero-order chi connectivity index (χ0) is 17.1. The number of amides is 1. The number of carbonyl (C=O) groups is 1. The molecular formula is C18H19ClN4O. The van der Waals surface area contributed by atoms with E-state index in [1.165, 1.54) is 0 Å². The number of pyridine rings is 1. The summed E-state index contributed by atoms with van der Waals surface area (Å²) in [6.07, 6.45) is 3.72. The van der Waals surface area contributed by atoms with Gasteiger partial charge in [-0.3, -0.25) is 9.36 Å². The van der Waals surface area contributed by atoms with Crippen LogP contribution in [0.25, 0.3) is 16.9 Å². The summed E-state index contributed by atoms with van der Waals surface area (Å²) in [5.74, 6) is 0.672. The summed E-state index contributed by atoms with van der Waals surface area (Å²) < 4.78 is 1.88. The zero-order valence-corrected chi connectivity index (χ0v) is 14.5. The summed E-state index contributed by atoms with van der Waals surface area (Å²) in [7, 11) is 0. The first kappa shape index (κ1) is 16.5. The Kier molecular flexibility index (Phi) is 4.81. The Morgan fingerprint density at radius 3 is 2.96 bits per heavy atom. The number of nitrogens with zero attached hydrogens (tertiary/aromatic N) is 3. The number of carbonyl (C=O) groups excluding carboxylic acids is 1. The minimum atomic E-state index is -0.101. The molecule has 2 heterocycles. The van der Waals surface area contributed by atoms with Gasteiger partial charge in [0.2, 0.25) is 0 Å². The van der Waals surface area contributed by atoms with Crippen molar-refractivity contribution in [3.05, 3.63) is 52.9 Å². The second-order valence-electron chi connectivity index (χ2n) is 5.62. The molecule has 3 rings (SSSR count). The molecule has 0 saturated heterocycles. The highest BCUT2D eigenvalue weighted by Crippen LogP contribution is 2.26. The number of aryl methyl sites for hydroxylation is 1. The van der Waals surface area contributed by atoms with Crippen LogP contribution in [0.4, 0.5) is 0 Å². The smallest absolute Gasteiger partial charge is 0.251 e. The van der Waals surface area contributed by atoms with Crippen LogP contribution in [0.5, 0.6) is 0 Å². The van der Waals surface area contributed by atoms with Crippen LogP contribution in [0.2, 0.25) is 5.02 Å². The first-order valence-electron chi connectivity index (χ1n) is 8.00. The fraction of sp³-hybridized carbons (Fsp3) is 0.278. The van der Waals surface area contributed by atoms with Crippen molar-refractivity contribution in [2.24, 2.45) is 0 Å². The molecule has 0 atom stereocenters. The van der Waals surface area contributed by atoms with Gasteiger partial charge in [-0.05, 0) is 43.7 Å². The van der Waals surface area contributed by atoms with Crippen molar-refractivity contribution >= 4 is 28.7 Å². The van der Waals surface area contributed by atoms with E-state index in [0.717, 1.165) is 29.8 Å². The number of halogens is 1. The van der Waals surface area contributed by atoms with Crippen LogP contribution in [-0.4, -0.2) is 27.0 Å². The van der Waals surface area contributed by atoms with Crippen LogP contribution in [0, 0.1) is 6.92 Å². The van der Waals surface area contributed by atoms with Crippen molar-refractivity contribution in [1.29, 1.82) is 0 Å². The highest BCUT2D eigenvalue weighted by Gasteiger charge is 2.15. The van der Waals surface area contributed by atoms with Crippen molar-refractivity contribution in [3.63, 3.8) is 0 Å². The highest BCUT2D eigenvalue weighted by atomic mass is 35.5. The summed E-state index contributed by atoms with van der Waals surface area (Å²) in [6.45, 7) is 4.65. The molecule has 0 saturated carbocycles. The molecule has 0 bridgehead atoms. The SMILES string of the molecule is CCCCNC(=O)c1ccc(Cl)c(-n2c(C)nc3cccnc32)c1. The van der Waals surface area contributed by atoms with E-state index in [1.807, 2.05) is 23.6 Å². The minimum absolute atomic E-state index is 0.101. The Balaban J connectivity index is 2.03. The third kappa shape index (κ3) is 3.12. The van der Waals surface area contributed by atoms with E-state index in [9.17, 15) is 4.79 Å². The molecule has 1 N–H and O–H groups in total. The fourth-order valence-corrected chi connectivity index (χ4v) is 2.82. The molecule has 1 amide bonds. The first-order valence-corrected chi connectivity index (χ1v) is 8.37. The molecule has 2 aromatic heterocycles. The average molecular weight is 343 g/mol. The van der Waals surface area contributed by atoms with E-state index in [-0.39, 0.29) is 5.91 Å².